The van der Waals surface area contributed by atoms with Gasteiger partial charge in [-0.3, -0.25) is 0 Å². The van der Waals surface area contributed by atoms with E-state index in [2.05, 4.69) is 4.98 Å². The maximum Gasteiger partial charge on any atom is 0.131 e. The Morgan fingerprint density at radius 3 is 3.00 bits per heavy atom. The molecule has 0 bridgehead atoms. The molecule has 0 aliphatic carbocycles. The van der Waals surface area contributed by atoms with E-state index in [1.165, 1.54) is 0 Å². The zero-order valence-electron chi connectivity index (χ0n) is 9.01. The van der Waals surface area contributed by atoms with Gasteiger partial charge in [-0.2, -0.15) is 0 Å². The molecule has 0 atom stereocenters. The third-order valence-electron chi connectivity index (χ3n) is 2.13. The van der Waals surface area contributed by atoms with Crippen LogP contribution in [0.15, 0.2) is 29.6 Å². The minimum Gasteiger partial charge on any atom is -0.487 e. The maximum absolute atomic E-state index is 8.98. The van der Waals surface area contributed by atoms with Crippen LogP contribution in [0.5, 0.6) is 5.75 Å². The SMILES string of the molecule is Cc1nc(COc2cccc(CO)c2)cs1. The van der Waals surface area contributed by atoms with Gasteiger partial charge >= 0.3 is 0 Å². The summed E-state index contributed by atoms with van der Waals surface area (Å²) in [7, 11) is 0. The Labute approximate surface area is 98.4 Å². The van der Waals surface area contributed by atoms with Crippen molar-refractivity contribution in [1.82, 2.24) is 4.98 Å². The van der Waals surface area contributed by atoms with Gasteiger partial charge in [0.05, 0.1) is 17.3 Å². The summed E-state index contributed by atoms with van der Waals surface area (Å²) in [5.74, 6) is 0.761. The lowest BCUT2D eigenvalue weighted by atomic mass is 10.2. The summed E-state index contributed by atoms with van der Waals surface area (Å²) in [5.41, 5.74) is 1.80. The number of thiazole rings is 1. The van der Waals surface area contributed by atoms with Gasteiger partial charge in [-0.15, -0.1) is 11.3 Å². The molecule has 16 heavy (non-hydrogen) atoms. The molecule has 1 aromatic carbocycles. The predicted octanol–water partition coefficient (Wildman–Crippen LogP) is 2.52. The molecule has 0 saturated heterocycles. The molecule has 4 heteroatoms. The Morgan fingerprint density at radius 1 is 1.44 bits per heavy atom. The summed E-state index contributed by atoms with van der Waals surface area (Å²) in [6.45, 7) is 2.48. The highest BCUT2D eigenvalue weighted by atomic mass is 32.1. The normalized spacial score (nSPS) is 10.4. The Balaban J connectivity index is 1.99. The molecule has 0 aliphatic heterocycles. The van der Waals surface area contributed by atoms with Gasteiger partial charge in [-0.05, 0) is 24.6 Å². The van der Waals surface area contributed by atoms with Crippen molar-refractivity contribution in [1.29, 1.82) is 0 Å². The van der Waals surface area contributed by atoms with Crippen molar-refractivity contribution in [3.63, 3.8) is 0 Å². The van der Waals surface area contributed by atoms with E-state index in [1.54, 1.807) is 11.3 Å². The highest BCUT2D eigenvalue weighted by Crippen LogP contribution is 2.16. The number of aromatic nitrogens is 1. The average Bonchev–Trinajstić information content (AvgIpc) is 2.73. The highest BCUT2D eigenvalue weighted by molar-refractivity contribution is 7.09. The lowest BCUT2D eigenvalue weighted by Crippen LogP contribution is -1.96. The van der Waals surface area contributed by atoms with Gasteiger partial charge in [0.25, 0.3) is 0 Å². The maximum atomic E-state index is 8.98. The molecule has 0 fully saturated rings. The van der Waals surface area contributed by atoms with E-state index in [4.69, 9.17) is 9.84 Å². The Morgan fingerprint density at radius 2 is 2.31 bits per heavy atom. The van der Waals surface area contributed by atoms with E-state index >= 15 is 0 Å². The fraction of sp³-hybridized carbons (Fsp3) is 0.250. The smallest absolute Gasteiger partial charge is 0.131 e. The van der Waals surface area contributed by atoms with Crippen LogP contribution in [-0.2, 0) is 13.2 Å². The summed E-state index contributed by atoms with van der Waals surface area (Å²) in [4.78, 5) is 4.31. The van der Waals surface area contributed by atoms with Crippen molar-refractivity contribution in [3.8, 4) is 5.75 Å². The largest absolute Gasteiger partial charge is 0.487 e. The molecule has 1 heterocycles. The summed E-state index contributed by atoms with van der Waals surface area (Å²) in [6, 6.07) is 7.44. The minimum absolute atomic E-state index is 0.0347. The number of hydrogen-bond acceptors (Lipinski definition) is 4. The van der Waals surface area contributed by atoms with Crippen LogP contribution in [-0.4, -0.2) is 10.1 Å². The van der Waals surface area contributed by atoms with E-state index in [0.29, 0.717) is 6.61 Å². The quantitative estimate of drug-likeness (QED) is 0.885. The number of rotatable bonds is 4. The van der Waals surface area contributed by atoms with Gasteiger partial charge < -0.3 is 9.84 Å². The second-order valence-electron chi connectivity index (χ2n) is 3.45. The molecule has 0 spiro atoms. The summed E-state index contributed by atoms with van der Waals surface area (Å²) >= 11 is 1.62. The van der Waals surface area contributed by atoms with Crippen molar-refractivity contribution in [2.75, 3.05) is 0 Å². The molecule has 84 valence electrons. The number of hydrogen-bond donors (Lipinski definition) is 1. The Hall–Kier alpha value is -1.39. The van der Waals surface area contributed by atoms with E-state index in [0.717, 1.165) is 22.0 Å². The number of nitrogens with zero attached hydrogens (tertiary/aromatic N) is 1. The van der Waals surface area contributed by atoms with Crippen molar-refractivity contribution >= 4 is 11.3 Å². The van der Waals surface area contributed by atoms with Crippen molar-refractivity contribution in [2.24, 2.45) is 0 Å². The second-order valence-corrected chi connectivity index (χ2v) is 4.51. The van der Waals surface area contributed by atoms with Crippen LogP contribution in [0.25, 0.3) is 0 Å². The van der Waals surface area contributed by atoms with Gasteiger partial charge in [-0.1, -0.05) is 12.1 Å². The molecule has 0 unspecified atom stereocenters. The van der Waals surface area contributed by atoms with Gasteiger partial charge in [0.2, 0.25) is 0 Å². The number of aliphatic hydroxyl groups is 1. The first kappa shape index (κ1) is 11.1. The van der Waals surface area contributed by atoms with E-state index in [1.807, 2.05) is 36.6 Å². The van der Waals surface area contributed by atoms with Gasteiger partial charge in [0.15, 0.2) is 0 Å². The molecule has 2 rings (SSSR count). The number of aliphatic hydroxyl groups excluding tert-OH is 1. The zero-order chi connectivity index (χ0) is 11.4. The van der Waals surface area contributed by atoms with E-state index < -0.39 is 0 Å². The van der Waals surface area contributed by atoms with Crippen molar-refractivity contribution in [2.45, 2.75) is 20.1 Å². The van der Waals surface area contributed by atoms with Crippen LogP contribution in [0.4, 0.5) is 0 Å². The van der Waals surface area contributed by atoms with Crippen molar-refractivity contribution in [3.05, 3.63) is 45.9 Å². The zero-order valence-corrected chi connectivity index (χ0v) is 9.83. The first-order valence-corrected chi connectivity index (χ1v) is 5.89. The molecule has 0 radical (unpaired) electrons. The third-order valence-corrected chi connectivity index (χ3v) is 2.96. The lowest BCUT2D eigenvalue weighted by molar-refractivity contribution is 0.277. The fourth-order valence-electron chi connectivity index (χ4n) is 1.37. The van der Waals surface area contributed by atoms with Crippen LogP contribution in [0, 0.1) is 6.92 Å². The summed E-state index contributed by atoms with van der Waals surface area (Å²) in [6.07, 6.45) is 0. The van der Waals surface area contributed by atoms with Gasteiger partial charge in [0.1, 0.15) is 12.4 Å². The molecule has 1 aromatic heterocycles. The summed E-state index contributed by atoms with van der Waals surface area (Å²) in [5, 5.41) is 12.0. The molecule has 2 aromatic rings. The Bertz CT molecular complexity index is 468. The third kappa shape index (κ3) is 2.81. The average molecular weight is 235 g/mol. The van der Waals surface area contributed by atoms with E-state index in [-0.39, 0.29) is 6.61 Å². The summed E-state index contributed by atoms with van der Waals surface area (Å²) < 4.78 is 5.58. The predicted molar refractivity (Wildman–Crippen MR) is 63.5 cm³/mol. The van der Waals surface area contributed by atoms with Gasteiger partial charge in [0, 0.05) is 5.38 Å². The number of benzene rings is 1. The molecule has 0 amide bonds. The van der Waals surface area contributed by atoms with Crippen LogP contribution in [0.1, 0.15) is 16.3 Å². The monoisotopic (exact) mass is 235 g/mol. The van der Waals surface area contributed by atoms with Crippen molar-refractivity contribution < 1.29 is 9.84 Å². The van der Waals surface area contributed by atoms with Gasteiger partial charge in [-0.25, -0.2) is 4.98 Å². The lowest BCUT2D eigenvalue weighted by Gasteiger charge is -2.05. The van der Waals surface area contributed by atoms with Crippen LogP contribution < -0.4 is 4.74 Å². The van der Waals surface area contributed by atoms with Crippen LogP contribution in [0.2, 0.25) is 0 Å². The van der Waals surface area contributed by atoms with Crippen LogP contribution >= 0.6 is 11.3 Å². The molecule has 0 aliphatic rings. The fourth-order valence-corrected chi connectivity index (χ4v) is 1.96. The Kier molecular flexibility index (Phi) is 3.54. The molecular formula is C12H13NO2S. The van der Waals surface area contributed by atoms with E-state index in [9.17, 15) is 0 Å². The number of aryl methyl sites for hydroxylation is 1. The molecule has 0 saturated carbocycles. The number of ether oxygens (including phenoxy) is 1. The topological polar surface area (TPSA) is 42.4 Å². The van der Waals surface area contributed by atoms with Crippen LogP contribution in [0.3, 0.4) is 0 Å². The second kappa shape index (κ2) is 5.09. The minimum atomic E-state index is 0.0347. The first-order chi connectivity index (χ1) is 7.78. The standard InChI is InChI=1S/C12H13NO2S/c1-9-13-11(8-16-9)7-15-12-4-2-3-10(5-12)6-14/h2-5,8,14H,6-7H2,1H3. The highest BCUT2D eigenvalue weighted by Gasteiger charge is 2.00. The molecule has 1 N–H and O–H groups in total. The molecule has 3 nitrogen and oxygen atoms in total. The molecular weight excluding hydrogens is 222 g/mol. The first-order valence-electron chi connectivity index (χ1n) is 5.01.